The van der Waals surface area contributed by atoms with Crippen LogP contribution in [-0.4, -0.2) is 17.5 Å². The number of thioether (sulfide) groups is 1. The molecule has 0 amide bonds. The summed E-state index contributed by atoms with van der Waals surface area (Å²) in [6.07, 6.45) is 6.34. The molecule has 1 aromatic carbocycles. The van der Waals surface area contributed by atoms with Crippen molar-refractivity contribution in [2.75, 3.05) is 6.26 Å². The lowest BCUT2D eigenvalue weighted by Crippen LogP contribution is -2.33. The molecule has 0 spiro atoms. The molecule has 0 saturated heterocycles. The third-order valence-corrected chi connectivity index (χ3v) is 5.13. The largest absolute Gasteiger partial charge is 0.309 e. The molecule has 2 atom stereocenters. The van der Waals surface area contributed by atoms with Crippen LogP contribution in [0.5, 0.6) is 0 Å². The number of nitrogens with one attached hydrogen (secondary N) is 1. The van der Waals surface area contributed by atoms with Crippen LogP contribution in [0.15, 0.2) is 24.3 Å². The first-order valence-electron chi connectivity index (χ1n) is 5.80. The van der Waals surface area contributed by atoms with Crippen LogP contribution >= 0.6 is 34.4 Å². The Labute approximate surface area is 116 Å². The molecule has 1 nitrogen and oxygen atoms in total. The molecule has 1 N–H and O–H groups in total. The van der Waals surface area contributed by atoms with Crippen molar-refractivity contribution in [3.63, 3.8) is 0 Å². The lowest BCUT2D eigenvalue weighted by atomic mass is 10.2. The summed E-state index contributed by atoms with van der Waals surface area (Å²) in [5, 5.41) is 4.52. The van der Waals surface area contributed by atoms with Gasteiger partial charge in [0, 0.05) is 21.4 Å². The Bertz CT molecular complexity index is 325. The fourth-order valence-corrected chi connectivity index (χ4v) is 3.62. The first-order chi connectivity index (χ1) is 7.79. The summed E-state index contributed by atoms with van der Waals surface area (Å²) in [6.45, 7) is 1.01. The standard InChI is InChI=1S/C13H18INS/c1-16-13-4-2-3-12(13)15-9-10-5-7-11(14)8-6-10/h5-8,12-13,15H,2-4,9H2,1H3. The van der Waals surface area contributed by atoms with Crippen molar-refractivity contribution in [1.82, 2.24) is 5.32 Å². The predicted molar refractivity (Wildman–Crippen MR) is 80.9 cm³/mol. The van der Waals surface area contributed by atoms with E-state index in [0.717, 1.165) is 11.8 Å². The van der Waals surface area contributed by atoms with E-state index in [1.165, 1.54) is 28.4 Å². The lowest BCUT2D eigenvalue weighted by Gasteiger charge is -2.19. The van der Waals surface area contributed by atoms with Gasteiger partial charge in [0.25, 0.3) is 0 Å². The van der Waals surface area contributed by atoms with Gasteiger partial charge in [0.15, 0.2) is 0 Å². The van der Waals surface area contributed by atoms with Crippen LogP contribution in [0.25, 0.3) is 0 Å². The van der Waals surface area contributed by atoms with Crippen LogP contribution in [0.4, 0.5) is 0 Å². The van der Waals surface area contributed by atoms with Crippen LogP contribution in [-0.2, 0) is 6.54 Å². The Kier molecular flexibility index (Phi) is 4.97. The van der Waals surface area contributed by atoms with E-state index in [-0.39, 0.29) is 0 Å². The second-order valence-corrected chi connectivity index (χ2v) is 6.64. The van der Waals surface area contributed by atoms with Crippen LogP contribution in [0.3, 0.4) is 0 Å². The van der Waals surface area contributed by atoms with E-state index in [9.17, 15) is 0 Å². The van der Waals surface area contributed by atoms with Crippen molar-refractivity contribution in [3.05, 3.63) is 33.4 Å². The summed E-state index contributed by atoms with van der Waals surface area (Å²) in [7, 11) is 0. The number of halogens is 1. The molecule has 0 aliphatic heterocycles. The summed E-state index contributed by atoms with van der Waals surface area (Å²) in [4.78, 5) is 0. The Hall–Kier alpha value is 0.260. The molecular weight excluding hydrogens is 329 g/mol. The highest BCUT2D eigenvalue weighted by Gasteiger charge is 2.25. The van der Waals surface area contributed by atoms with Gasteiger partial charge in [-0.3, -0.25) is 0 Å². The average molecular weight is 347 g/mol. The molecule has 1 aliphatic carbocycles. The van der Waals surface area contributed by atoms with E-state index in [4.69, 9.17) is 0 Å². The maximum atomic E-state index is 3.70. The Morgan fingerprint density at radius 3 is 2.75 bits per heavy atom. The summed E-state index contributed by atoms with van der Waals surface area (Å²) < 4.78 is 1.31. The normalized spacial score (nSPS) is 24.9. The van der Waals surface area contributed by atoms with Crippen molar-refractivity contribution < 1.29 is 0 Å². The molecule has 1 aliphatic rings. The molecule has 2 unspecified atom stereocenters. The maximum Gasteiger partial charge on any atom is 0.0208 e. The molecule has 3 heteroatoms. The van der Waals surface area contributed by atoms with Crippen molar-refractivity contribution in [3.8, 4) is 0 Å². The number of rotatable bonds is 4. The van der Waals surface area contributed by atoms with Gasteiger partial charge in [0.1, 0.15) is 0 Å². The van der Waals surface area contributed by atoms with Crippen LogP contribution in [0.1, 0.15) is 24.8 Å². The van der Waals surface area contributed by atoms with Gasteiger partial charge in [-0.25, -0.2) is 0 Å². The number of hydrogen-bond donors (Lipinski definition) is 1. The van der Waals surface area contributed by atoms with E-state index in [1.54, 1.807) is 0 Å². The van der Waals surface area contributed by atoms with Gasteiger partial charge >= 0.3 is 0 Å². The third-order valence-electron chi connectivity index (χ3n) is 3.24. The van der Waals surface area contributed by atoms with Gasteiger partial charge in [0.2, 0.25) is 0 Å². The maximum absolute atomic E-state index is 3.70. The second kappa shape index (κ2) is 6.26. The molecule has 0 radical (unpaired) electrons. The molecular formula is C13H18INS. The highest BCUT2D eigenvalue weighted by molar-refractivity contribution is 14.1. The summed E-state index contributed by atoms with van der Waals surface area (Å²) in [6, 6.07) is 9.51. The van der Waals surface area contributed by atoms with Gasteiger partial charge in [-0.15, -0.1) is 0 Å². The van der Waals surface area contributed by atoms with E-state index < -0.39 is 0 Å². The van der Waals surface area contributed by atoms with Gasteiger partial charge in [-0.2, -0.15) is 11.8 Å². The van der Waals surface area contributed by atoms with Crippen molar-refractivity contribution in [2.45, 2.75) is 37.1 Å². The van der Waals surface area contributed by atoms with Crippen molar-refractivity contribution in [1.29, 1.82) is 0 Å². The monoisotopic (exact) mass is 347 g/mol. The zero-order chi connectivity index (χ0) is 11.4. The Morgan fingerprint density at radius 2 is 2.06 bits per heavy atom. The molecule has 88 valence electrons. The molecule has 0 bridgehead atoms. The minimum atomic E-state index is 0.717. The zero-order valence-electron chi connectivity index (χ0n) is 9.58. The third kappa shape index (κ3) is 3.37. The van der Waals surface area contributed by atoms with Crippen molar-refractivity contribution >= 4 is 34.4 Å². The first-order valence-corrected chi connectivity index (χ1v) is 8.17. The minimum Gasteiger partial charge on any atom is -0.309 e. The number of hydrogen-bond acceptors (Lipinski definition) is 2. The van der Waals surface area contributed by atoms with E-state index in [2.05, 4.69) is 58.4 Å². The Balaban J connectivity index is 1.85. The highest BCUT2D eigenvalue weighted by Crippen LogP contribution is 2.28. The quantitative estimate of drug-likeness (QED) is 0.835. The SMILES string of the molecule is CSC1CCCC1NCc1ccc(I)cc1. The molecule has 1 fully saturated rings. The predicted octanol–water partition coefficient (Wildman–Crippen LogP) is 3.66. The molecule has 1 saturated carbocycles. The van der Waals surface area contributed by atoms with E-state index in [0.29, 0.717) is 6.04 Å². The highest BCUT2D eigenvalue weighted by atomic mass is 127. The number of benzene rings is 1. The van der Waals surface area contributed by atoms with Gasteiger partial charge < -0.3 is 5.32 Å². The summed E-state index contributed by atoms with van der Waals surface area (Å²) in [5.74, 6) is 0. The minimum absolute atomic E-state index is 0.717. The average Bonchev–Trinajstić information content (AvgIpc) is 2.76. The molecule has 1 aromatic rings. The van der Waals surface area contributed by atoms with Gasteiger partial charge in [-0.1, -0.05) is 18.6 Å². The smallest absolute Gasteiger partial charge is 0.0208 e. The molecule has 2 rings (SSSR count). The molecule has 0 heterocycles. The molecule has 16 heavy (non-hydrogen) atoms. The summed E-state index contributed by atoms with van der Waals surface area (Å²) >= 11 is 4.36. The topological polar surface area (TPSA) is 12.0 Å². The van der Waals surface area contributed by atoms with E-state index >= 15 is 0 Å². The fraction of sp³-hybridized carbons (Fsp3) is 0.538. The zero-order valence-corrected chi connectivity index (χ0v) is 12.6. The van der Waals surface area contributed by atoms with Crippen molar-refractivity contribution in [2.24, 2.45) is 0 Å². The van der Waals surface area contributed by atoms with Gasteiger partial charge in [0.05, 0.1) is 0 Å². The van der Waals surface area contributed by atoms with Crippen LogP contribution < -0.4 is 5.32 Å². The van der Waals surface area contributed by atoms with Crippen LogP contribution in [0, 0.1) is 3.57 Å². The fourth-order valence-electron chi connectivity index (χ4n) is 2.29. The van der Waals surface area contributed by atoms with Crippen LogP contribution in [0.2, 0.25) is 0 Å². The summed E-state index contributed by atoms with van der Waals surface area (Å²) in [5.41, 5.74) is 1.40. The first kappa shape index (κ1) is 12.7. The van der Waals surface area contributed by atoms with Gasteiger partial charge in [-0.05, 0) is 59.4 Å². The van der Waals surface area contributed by atoms with E-state index in [1.807, 2.05) is 11.8 Å². The molecule has 0 aromatic heterocycles. The second-order valence-electron chi connectivity index (χ2n) is 4.32. The lowest BCUT2D eigenvalue weighted by molar-refractivity contribution is 0.532. The Morgan fingerprint density at radius 1 is 1.31 bits per heavy atom.